The topological polar surface area (TPSA) is 15.9 Å². The standard InChI is InChI=1S/C34H32N2S/c1-21(2)17-22-18-28-26-13-8-16-35-34(26)37-33(28)29(19-22)31-20-27(23-9-4-5-10-23)32-25-12-7-6-11-24(25)14-15-30(32)36(31)3/h6-8,11-16,18-21,23H,3-5,9-10,17H2,1-2H3. The molecular weight excluding hydrogens is 468 g/mol. The number of benzene rings is 3. The number of thiophene rings is 1. The van der Waals surface area contributed by atoms with Crippen LogP contribution in [-0.2, 0) is 6.42 Å². The summed E-state index contributed by atoms with van der Waals surface area (Å²) in [5.74, 6) is 1.20. The number of pyridine rings is 1. The van der Waals surface area contributed by atoms with E-state index in [1.165, 1.54) is 85.9 Å². The molecule has 0 atom stereocenters. The van der Waals surface area contributed by atoms with Crippen molar-refractivity contribution in [3.63, 3.8) is 0 Å². The van der Waals surface area contributed by atoms with Crippen molar-refractivity contribution >= 4 is 60.4 Å². The largest absolute Gasteiger partial charge is 0.330 e. The van der Waals surface area contributed by atoms with Crippen molar-refractivity contribution in [3.05, 3.63) is 95.7 Å². The number of hydrogen-bond acceptors (Lipinski definition) is 1. The summed E-state index contributed by atoms with van der Waals surface area (Å²) in [5, 5.41) is 5.23. The third-order valence-electron chi connectivity index (χ3n) is 8.19. The molecule has 0 amide bonds. The molecule has 37 heavy (non-hydrogen) atoms. The Hall–Kier alpha value is -3.43. The van der Waals surface area contributed by atoms with Gasteiger partial charge in [0.15, 0.2) is 11.3 Å². The molecule has 2 nitrogen and oxygen atoms in total. The fourth-order valence-corrected chi connectivity index (χ4v) is 7.70. The van der Waals surface area contributed by atoms with E-state index in [0.29, 0.717) is 11.8 Å². The van der Waals surface area contributed by atoms with E-state index in [-0.39, 0.29) is 0 Å². The Labute approximate surface area is 223 Å². The van der Waals surface area contributed by atoms with Gasteiger partial charge in [-0.15, -0.1) is 17.2 Å². The molecule has 5 aromatic rings. The van der Waals surface area contributed by atoms with E-state index in [1.54, 1.807) is 0 Å². The van der Waals surface area contributed by atoms with Gasteiger partial charge in [-0.1, -0.05) is 99.0 Å². The molecule has 1 saturated carbocycles. The minimum absolute atomic E-state index is 0.595. The lowest BCUT2D eigenvalue weighted by Crippen LogP contribution is -2.20. The van der Waals surface area contributed by atoms with Crippen molar-refractivity contribution in [2.24, 2.45) is 11.8 Å². The first-order valence-corrected chi connectivity index (χ1v) is 14.4. The highest BCUT2D eigenvalue weighted by Crippen LogP contribution is 2.50. The van der Waals surface area contributed by atoms with Crippen molar-refractivity contribution in [3.8, 4) is 0 Å². The van der Waals surface area contributed by atoms with E-state index in [4.69, 9.17) is 4.98 Å². The van der Waals surface area contributed by atoms with E-state index < -0.39 is 0 Å². The maximum absolute atomic E-state index is 4.73. The Morgan fingerprint density at radius 2 is 1.84 bits per heavy atom. The van der Waals surface area contributed by atoms with Gasteiger partial charge in [0, 0.05) is 12.9 Å². The summed E-state index contributed by atoms with van der Waals surface area (Å²) in [7, 11) is 0. The molecule has 0 radical (unpaired) electrons. The molecule has 1 aliphatic heterocycles. The molecular formula is C34H32N2S. The van der Waals surface area contributed by atoms with Crippen LogP contribution < -0.4 is 0 Å². The Morgan fingerprint density at radius 1 is 1.03 bits per heavy atom. The SMILES string of the molecule is C=[N+]1c2ccc3ccccc3c2C(C2CCCC2)=C[C-]1c1cc(CC(C)C)cc2c3cccnc3[s+][c-]12. The van der Waals surface area contributed by atoms with Crippen LogP contribution in [0.25, 0.3) is 36.6 Å². The zero-order valence-corrected chi connectivity index (χ0v) is 22.4. The van der Waals surface area contributed by atoms with Crippen LogP contribution in [0.5, 0.6) is 0 Å². The third-order valence-corrected chi connectivity index (χ3v) is 9.36. The molecule has 3 aromatic carbocycles. The van der Waals surface area contributed by atoms with E-state index in [1.807, 2.05) is 17.5 Å². The fourth-order valence-electron chi connectivity index (χ4n) is 6.55. The van der Waals surface area contributed by atoms with Gasteiger partial charge in [-0.2, -0.15) is 0 Å². The van der Waals surface area contributed by atoms with E-state index in [9.17, 15) is 0 Å². The smallest absolute Gasteiger partial charge is 0.316 e. The van der Waals surface area contributed by atoms with Crippen LogP contribution in [0.2, 0.25) is 0 Å². The van der Waals surface area contributed by atoms with Crippen molar-refractivity contribution in [2.75, 3.05) is 0 Å². The highest BCUT2D eigenvalue weighted by Gasteiger charge is 2.30. The van der Waals surface area contributed by atoms with Crippen LogP contribution >= 0.6 is 11.3 Å². The van der Waals surface area contributed by atoms with E-state index in [0.717, 1.165) is 11.3 Å². The lowest BCUT2D eigenvalue weighted by Gasteiger charge is -2.35. The van der Waals surface area contributed by atoms with Crippen molar-refractivity contribution in [1.82, 2.24) is 4.98 Å². The van der Waals surface area contributed by atoms with Gasteiger partial charge in [-0.3, -0.25) is 0 Å². The second-order valence-electron chi connectivity index (χ2n) is 11.2. The first kappa shape index (κ1) is 22.7. The first-order chi connectivity index (χ1) is 18.1. The molecule has 3 heteroatoms. The predicted molar refractivity (Wildman–Crippen MR) is 159 cm³/mol. The second-order valence-corrected chi connectivity index (χ2v) is 12.2. The Balaban J connectivity index is 1.50. The molecule has 184 valence electrons. The molecule has 7 rings (SSSR count). The highest BCUT2D eigenvalue weighted by atomic mass is 32.1. The number of aromatic nitrogens is 1. The van der Waals surface area contributed by atoms with Crippen LogP contribution in [0.4, 0.5) is 5.69 Å². The number of nitrogens with zero attached hydrogens (tertiary/aromatic N) is 2. The second kappa shape index (κ2) is 8.85. The number of fused-ring (bicyclic) bond motifs is 6. The Bertz CT molecular complexity index is 1710. The zero-order chi connectivity index (χ0) is 25.1. The van der Waals surface area contributed by atoms with Crippen LogP contribution in [0, 0.1) is 17.9 Å². The maximum atomic E-state index is 4.73. The summed E-state index contributed by atoms with van der Waals surface area (Å²) in [6.07, 6.45) is 10.6. The van der Waals surface area contributed by atoms with Gasteiger partial charge in [-0.25, -0.2) is 4.98 Å². The van der Waals surface area contributed by atoms with Crippen molar-refractivity contribution < 1.29 is 4.58 Å². The summed E-state index contributed by atoms with van der Waals surface area (Å²) in [6, 6.07) is 23.7. The molecule has 1 aliphatic carbocycles. The molecule has 2 aromatic heterocycles. The molecule has 3 heterocycles. The van der Waals surface area contributed by atoms with E-state index >= 15 is 0 Å². The lowest BCUT2D eigenvalue weighted by molar-refractivity contribution is -0.400. The Kier molecular flexibility index (Phi) is 5.44. The molecule has 0 N–H and O–H groups in total. The summed E-state index contributed by atoms with van der Waals surface area (Å²) >= 11 is 1.81. The number of rotatable bonds is 4. The van der Waals surface area contributed by atoms with Crippen LogP contribution in [0.1, 0.15) is 56.2 Å². The summed E-state index contributed by atoms with van der Waals surface area (Å²) in [5.41, 5.74) is 6.79. The number of hydrogen-bond donors (Lipinski definition) is 0. The van der Waals surface area contributed by atoms with Gasteiger partial charge < -0.3 is 4.58 Å². The quantitative estimate of drug-likeness (QED) is 0.136. The minimum Gasteiger partial charge on any atom is -0.330 e. The average Bonchev–Trinajstić information content (AvgIpc) is 3.57. The lowest BCUT2D eigenvalue weighted by atomic mass is 9.82. The van der Waals surface area contributed by atoms with Crippen LogP contribution in [-0.4, -0.2) is 16.3 Å². The van der Waals surface area contributed by atoms with Gasteiger partial charge in [-0.05, 0) is 46.7 Å². The van der Waals surface area contributed by atoms with Crippen LogP contribution in [0.15, 0.2) is 72.9 Å². The third kappa shape index (κ3) is 3.71. The summed E-state index contributed by atoms with van der Waals surface area (Å²) in [4.78, 5) is 5.84. The molecule has 0 spiro atoms. The number of allylic oxidation sites excluding steroid dienone is 1. The maximum Gasteiger partial charge on any atom is 0.316 e. The minimum atomic E-state index is 0.595. The highest BCUT2D eigenvalue weighted by molar-refractivity contribution is 7.25. The first-order valence-electron chi connectivity index (χ1n) is 13.6. The monoisotopic (exact) mass is 500 g/mol. The molecule has 2 aliphatic rings. The van der Waals surface area contributed by atoms with E-state index in [2.05, 4.69) is 91.9 Å². The van der Waals surface area contributed by atoms with Gasteiger partial charge in [0.2, 0.25) is 0 Å². The summed E-state index contributed by atoms with van der Waals surface area (Å²) < 4.78 is 3.52. The van der Waals surface area contributed by atoms with Gasteiger partial charge in [0.25, 0.3) is 0 Å². The zero-order valence-electron chi connectivity index (χ0n) is 21.6. The normalized spacial score (nSPS) is 16.4. The molecule has 1 fully saturated rings. The predicted octanol–water partition coefficient (Wildman–Crippen LogP) is 9.31. The Morgan fingerprint density at radius 3 is 2.68 bits per heavy atom. The van der Waals surface area contributed by atoms with Crippen molar-refractivity contribution in [1.29, 1.82) is 0 Å². The molecule has 0 bridgehead atoms. The fraction of sp³-hybridized carbons (Fsp3) is 0.265. The van der Waals surface area contributed by atoms with Crippen LogP contribution in [0.3, 0.4) is 0 Å². The average molecular weight is 501 g/mol. The van der Waals surface area contributed by atoms with Gasteiger partial charge in [0.05, 0.1) is 11.4 Å². The van der Waals surface area contributed by atoms with Gasteiger partial charge in [0.1, 0.15) is 10.4 Å². The van der Waals surface area contributed by atoms with Crippen molar-refractivity contribution in [2.45, 2.75) is 46.0 Å². The molecule has 0 unspecified atom stereocenters. The van der Waals surface area contributed by atoms with Gasteiger partial charge >= 0.3 is 4.83 Å². The summed E-state index contributed by atoms with van der Waals surface area (Å²) in [6.45, 7) is 9.26. The molecule has 0 saturated heterocycles.